The smallest absolute Gasteiger partial charge is 0.247 e. The minimum Gasteiger partial charge on any atom is -0.317 e. The first-order valence-corrected chi connectivity index (χ1v) is 6.39. The van der Waals surface area contributed by atoms with E-state index in [1.165, 1.54) is 5.56 Å². The maximum Gasteiger partial charge on any atom is 0.247 e. The summed E-state index contributed by atoms with van der Waals surface area (Å²) < 4.78 is 0. The predicted molar refractivity (Wildman–Crippen MR) is 67.9 cm³/mol. The van der Waals surface area contributed by atoms with Crippen LogP contribution in [0.5, 0.6) is 0 Å². The van der Waals surface area contributed by atoms with Gasteiger partial charge >= 0.3 is 0 Å². The minimum absolute atomic E-state index is 0.121. The lowest BCUT2D eigenvalue weighted by molar-refractivity contribution is -0.126. The monoisotopic (exact) mass is 230 g/mol. The van der Waals surface area contributed by atoms with Crippen LogP contribution >= 0.6 is 0 Å². The Morgan fingerprint density at radius 2 is 2.00 bits per heavy atom. The first-order valence-electron chi connectivity index (χ1n) is 6.39. The number of benzene rings is 1. The molecule has 17 heavy (non-hydrogen) atoms. The number of anilines is 1. The van der Waals surface area contributed by atoms with E-state index < -0.39 is 5.54 Å². The molecule has 0 radical (unpaired) electrons. The van der Waals surface area contributed by atoms with Gasteiger partial charge in [0, 0.05) is 12.2 Å². The number of carbonyl (C=O) groups is 1. The molecule has 1 aliphatic heterocycles. The van der Waals surface area contributed by atoms with Gasteiger partial charge in [-0.15, -0.1) is 0 Å². The second-order valence-electron chi connectivity index (χ2n) is 5.20. The number of fused-ring (bicyclic) bond motifs is 1. The third-order valence-corrected chi connectivity index (χ3v) is 4.03. The molecular weight excluding hydrogens is 212 g/mol. The Balaban J connectivity index is 1.92. The van der Waals surface area contributed by atoms with Crippen molar-refractivity contribution in [3.05, 3.63) is 29.8 Å². The number of rotatable bonds is 1. The molecular formula is C14H18N2O. The molecule has 0 bridgehead atoms. The molecule has 0 aromatic heterocycles. The molecule has 0 spiro atoms. The molecule has 1 heterocycles. The Morgan fingerprint density at radius 1 is 1.24 bits per heavy atom. The van der Waals surface area contributed by atoms with Crippen LogP contribution in [0.4, 0.5) is 5.69 Å². The quantitative estimate of drug-likeness (QED) is 0.800. The van der Waals surface area contributed by atoms with E-state index in [0.717, 1.165) is 44.3 Å². The van der Waals surface area contributed by atoms with E-state index in [2.05, 4.69) is 6.07 Å². The lowest BCUT2D eigenvalue weighted by atomic mass is 9.76. The summed E-state index contributed by atoms with van der Waals surface area (Å²) >= 11 is 0. The zero-order valence-corrected chi connectivity index (χ0v) is 9.98. The fourth-order valence-electron chi connectivity index (χ4n) is 2.78. The molecule has 2 N–H and O–H groups in total. The van der Waals surface area contributed by atoms with Gasteiger partial charge in [-0.05, 0) is 43.7 Å². The van der Waals surface area contributed by atoms with Gasteiger partial charge in [-0.3, -0.25) is 4.79 Å². The van der Waals surface area contributed by atoms with Gasteiger partial charge in [0.15, 0.2) is 0 Å². The molecule has 1 amide bonds. The zero-order valence-electron chi connectivity index (χ0n) is 9.98. The van der Waals surface area contributed by atoms with Crippen molar-refractivity contribution in [2.45, 2.75) is 37.6 Å². The Bertz CT molecular complexity index is 451. The lowest BCUT2D eigenvalue weighted by Crippen LogP contribution is -2.60. The minimum atomic E-state index is -0.579. The second kappa shape index (κ2) is 3.84. The highest BCUT2D eigenvalue weighted by atomic mass is 16.2. The number of aryl methyl sites for hydroxylation is 1. The molecule has 1 saturated carbocycles. The Morgan fingerprint density at radius 3 is 2.71 bits per heavy atom. The first kappa shape index (κ1) is 10.8. The number of nitrogens with two attached hydrogens (primary N) is 1. The molecule has 1 aromatic rings. The fraction of sp³-hybridized carbons (Fsp3) is 0.500. The summed E-state index contributed by atoms with van der Waals surface area (Å²) in [5, 5.41) is 0. The summed E-state index contributed by atoms with van der Waals surface area (Å²) in [5.41, 5.74) is 7.91. The van der Waals surface area contributed by atoms with Gasteiger partial charge < -0.3 is 10.6 Å². The van der Waals surface area contributed by atoms with E-state index in [4.69, 9.17) is 5.73 Å². The van der Waals surface area contributed by atoms with Crippen LogP contribution in [0.3, 0.4) is 0 Å². The molecule has 3 nitrogen and oxygen atoms in total. The summed E-state index contributed by atoms with van der Waals surface area (Å²) in [5.74, 6) is 0.121. The average Bonchev–Trinajstić information content (AvgIpc) is 2.34. The Labute approximate surface area is 102 Å². The summed E-state index contributed by atoms with van der Waals surface area (Å²) in [6.07, 6.45) is 4.86. The maximum absolute atomic E-state index is 12.5. The maximum atomic E-state index is 12.5. The van der Waals surface area contributed by atoms with Crippen molar-refractivity contribution in [2.24, 2.45) is 5.73 Å². The fourth-order valence-corrected chi connectivity index (χ4v) is 2.78. The van der Waals surface area contributed by atoms with Crippen LogP contribution in [0.15, 0.2) is 24.3 Å². The lowest BCUT2D eigenvalue weighted by Gasteiger charge is -2.42. The Kier molecular flexibility index (Phi) is 2.44. The van der Waals surface area contributed by atoms with Crippen LogP contribution in [-0.4, -0.2) is 18.0 Å². The summed E-state index contributed by atoms with van der Waals surface area (Å²) in [6, 6.07) is 8.18. The molecule has 1 fully saturated rings. The van der Waals surface area contributed by atoms with Crippen molar-refractivity contribution in [2.75, 3.05) is 11.4 Å². The first-order chi connectivity index (χ1) is 8.21. The highest BCUT2D eigenvalue weighted by molar-refractivity contribution is 6.01. The topological polar surface area (TPSA) is 46.3 Å². The number of nitrogens with zero attached hydrogens (tertiary/aromatic N) is 1. The van der Waals surface area contributed by atoms with Crippen LogP contribution in [-0.2, 0) is 11.2 Å². The van der Waals surface area contributed by atoms with E-state index in [1.54, 1.807) is 0 Å². The largest absolute Gasteiger partial charge is 0.317 e. The number of hydrogen-bond acceptors (Lipinski definition) is 2. The van der Waals surface area contributed by atoms with Gasteiger partial charge in [0.1, 0.15) is 0 Å². The van der Waals surface area contributed by atoms with Crippen molar-refractivity contribution in [1.29, 1.82) is 0 Å². The number of amides is 1. The molecule has 0 unspecified atom stereocenters. The van der Waals surface area contributed by atoms with Crippen LogP contribution in [0.25, 0.3) is 0 Å². The van der Waals surface area contributed by atoms with Crippen molar-refractivity contribution in [3.8, 4) is 0 Å². The molecule has 3 heteroatoms. The third kappa shape index (κ3) is 1.65. The molecule has 0 saturated heterocycles. The van der Waals surface area contributed by atoms with Crippen LogP contribution in [0.1, 0.15) is 31.2 Å². The van der Waals surface area contributed by atoms with Crippen molar-refractivity contribution < 1.29 is 4.79 Å². The van der Waals surface area contributed by atoms with Crippen molar-refractivity contribution in [1.82, 2.24) is 0 Å². The molecule has 1 aromatic carbocycles. The Hall–Kier alpha value is -1.35. The number of carbonyl (C=O) groups excluding carboxylic acids is 1. The molecule has 1 aliphatic carbocycles. The van der Waals surface area contributed by atoms with Crippen LogP contribution in [0, 0.1) is 0 Å². The number of para-hydroxylation sites is 1. The second-order valence-corrected chi connectivity index (χ2v) is 5.20. The van der Waals surface area contributed by atoms with Gasteiger partial charge in [-0.2, -0.15) is 0 Å². The summed E-state index contributed by atoms with van der Waals surface area (Å²) in [4.78, 5) is 14.4. The van der Waals surface area contributed by atoms with Gasteiger partial charge in [-0.25, -0.2) is 0 Å². The van der Waals surface area contributed by atoms with E-state index >= 15 is 0 Å². The average molecular weight is 230 g/mol. The predicted octanol–water partition coefficient (Wildman–Crippen LogP) is 1.85. The van der Waals surface area contributed by atoms with Crippen LogP contribution < -0.4 is 10.6 Å². The SMILES string of the molecule is NC1(C(=O)N2CCCc3ccccc32)CCC1. The molecule has 3 rings (SSSR count). The van der Waals surface area contributed by atoms with Crippen LogP contribution in [0.2, 0.25) is 0 Å². The summed E-state index contributed by atoms with van der Waals surface area (Å²) in [7, 11) is 0. The number of hydrogen-bond donors (Lipinski definition) is 1. The highest BCUT2D eigenvalue weighted by Gasteiger charge is 2.43. The van der Waals surface area contributed by atoms with E-state index in [1.807, 2.05) is 23.1 Å². The molecule has 2 aliphatic rings. The van der Waals surface area contributed by atoms with E-state index in [9.17, 15) is 4.79 Å². The van der Waals surface area contributed by atoms with E-state index in [-0.39, 0.29) is 5.91 Å². The van der Waals surface area contributed by atoms with Gasteiger partial charge in [0.2, 0.25) is 5.91 Å². The van der Waals surface area contributed by atoms with Gasteiger partial charge in [0.05, 0.1) is 5.54 Å². The van der Waals surface area contributed by atoms with Gasteiger partial charge in [-0.1, -0.05) is 18.2 Å². The third-order valence-electron chi connectivity index (χ3n) is 4.03. The molecule has 0 atom stereocenters. The summed E-state index contributed by atoms with van der Waals surface area (Å²) in [6.45, 7) is 0.814. The van der Waals surface area contributed by atoms with Crippen molar-refractivity contribution >= 4 is 11.6 Å². The molecule has 90 valence electrons. The van der Waals surface area contributed by atoms with E-state index in [0.29, 0.717) is 0 Å². The normalized spacial score (nSPS) is 21.6. The standard InChI is InChI=1S/C14H18N2O/c15-14(8-4-9-14)13(17)16-10-3-6-11-5-1-2-7-12(11)16/h1-2,5,7H,3-4,6,8-10,15H2. The van der Waals surface area contributed by atoms with Crippen molar-refractivity contribution in [3.63, 3.8) is 0 Å². The highest BCUT2D eigenvalue weighted by Crippen LogP contribution is 2.35. The zero-order chi connectivity index (χ0) is 11.9. The van der Waals surface area contributed by atoms with Gasteiger partial charge in [0.25, 0.3) is 0 Å².